The van der Waals surface area contributed by atoms with Gasteiger partial charge in [-0.05, 0) is 49.7 Å². The first-order valence-corrected chi connectivity index (χ1v) is 10.7. The molecule has 0 fully saturated rings. The van der Waals surface area contributed by atoms with Crippen LogP contribution in [-0.4, -0.2) is 26.1 Å². The second-order valence-corrected chi connectivity index (χ2v) is 7.69. The maximum atomic E-state index is 5.84. The van der Waals surface area contributed by atoms with Gasteiger partial charge in [0.2, 0.25) is 0 Å². The topological polar surface area (TPSA) is 52.8 Å². The van der Waals surface area contributed by atoms with Gasteiger partial charge in [-0.2, -0.15) is 0 Å². The molecule has 0 aliphatic rings. The zero-order chi connectivity index (χ0) is 21.2. The third kappa shape index (κ3) is 3.75. The summed E-state index contributed by atoms with van der Waals surface area (Å²) in [7, 11) is 0. The molecule has 0 aliphatic carbocycles. The van der Waals surface area contributed by atoms with E-state index in [1.807, 2.05) is 36.4 Å². The third-order valence-corrected chi connectivity index (χ3v) is 5.34. The summed E-state index contributed by atoms with van der Waals surface area (Å²) in [5, 5.41) is 0. The lowest BCUT2D eigenvalue weighted by Gasteiger charge is -2.11. The largest absolute Gasteiger partial charge is 0.494 e. The van der Waals surface area contributed by atoms with Crippen molar-refractivity contribution in [1.82, 2.24) is 19.5 Å². The van der Waals surface area contributed by atoms with E-state index in [-0.39, 0.29) is 0 Å². The summed E-state index contributed by atoms with van der Waals surface area (Å²) in [5.74, 6) is 1.69. The lowest BCUT2D eigenvalue weighted by molar-refractivity contribution is 0.309. The fourth-order valence-corrected chi connectivity index (χ4v) is 3.62. The number of aryl methyl sites for hydroxylation is 1. The average Bonchev–Trinajstić information content (AvgIpc) is 3.17. The number of rotatable bonds is 6. The number of para-hydroxylation sites is 2. The van der Waals surface area contributed by atoms with Gasteiger partial charge in [0.15, 0.2) is 11.3 Å². The second-order valence-electron chi connectivity index (χ2n) is 7.69. The van der Waals surface area contributed by atoms with Crippen molar-refractivity contribution >= 4 is 22.3 Å². The molecule has 5 nitrogen and oxygen atoms in total. The van der Waals surface area contributed by atoms with Crippen molar-refractivity contribution in [3.8, 4) is 22.8 Å². The molecule has 0 saturated carbocycles. The number of aromatic nitrogens is 4. The van der Waals surface area contributed by atoms with E-state index in [9.17, 15) is 0 Å². The van der Waals surface area contributed by atoms with E-state index >= 15 is 0 Å². The Hall–Kier alpha value is -3.73. The molecule has 0 radical (unpaired) electrons. The second kappa shape index (κ2) is 8.19. The molecule has 0 aliphatic heterocycles. The summed E-state index contributed by atoms with van der Waals surface area (Å²) >= 11 is 0. The van der Waals surface area contributed by atoms with Crippen molar-refractivity contribution in [2.75, 3.05) is 6.61 Å². The highest BCUT2D eigenvalue weighted by Crippen LogP contribution is 2.29. The van der Waals surface area contributed by atoms with Crippen LogP contribution < -0.4 is 4.74 Å². The SMILES string of the molecule is CCCCOc1ccc(-n2c(-c3ccc(C)cc3)nc3nc4ccccc4nc32)cc1. The Morgan fingerprint density at radius 3 is 2.23 bits per heavy atom. The van der Waals surface area contributed by atoms with Gasteiger partial charge in [-0.1, -0.05) is 55.3 Å². The minimum Gasteiger partial charge on any atom is -0.494 e. The van der Waals surface area contributed by atoms with Crippen LogP contribution in [-0.2, 0) is 0 Å². The summed E-state index contributed by atoms with van der Waals surface area (Å²) < 4.78 is 7.92. The third-order valence-electron chi connectivity index (χ3n) is 5.34. The lowest BCUT2D eigenvalue weighted by Crippen LogP contribution is -2.00. The Labute approximate surface area is 181 Å². The molecule has 2 heterocycles. The van der Waals surface area contributed by atoms with Crippen molar-refractivity contribution < 1.29 is 4.74 Å². The van der Waals surface area contributed by atoms with Gasteiger partial charge in [0.25, 0.3) is 0 Å². The van der Waals surface area contributed by atoms with Crippen molar-refractivity contribution in [2.24, 2.45) is 0 Å². The lowest BCUT2D eigenvalue weighted by atomic mass is 10.1. The fraction of sp³-hybridized carbons (Fsp3) is 0.192. The van der Waals surface area contributed by atoms with Crippen LogP contribution in [0.15, 0.2) is 72.8 Å². The molecular formula is C26H24N4O. The van der Waals surface area contributed by atoms with E-state index in [1.54, 1.807) is 0 Å². The normalized spacial score (nSPS) is 11.3. The predicted molar refractivity (Wildman–Crippen MR) is 125 cm³/mol. The molecule has 5 rings (SSSR count). The number of unbranched alkanes of at least 4 members (excludes halogenated alkanes) is 1. The molecule has 5 aromatic rings. The molecule has 0 unspecified atom stereocenters. The average molecular weight is 409 g/mol. The first-order valence-electron chi connectivity index (χ1n) is 10.7. The quantitative estimate of drug-likeness (QED) is 0.318. The van der Waals surface area contributed by atoms with Crippen molar-refractivity contribution in [2.45, 2.75) is 26.7 Å². The Morgan fingerprint density at radius 2 is 1.52 bits per heavy atom. The highest BCUT2D eigenvalue weighted by molar-refractivity contribution is 5.86. The van der Waals surface area contributed by atoms with Crippen molar-refractivity contribution in [1.29, 1.82) is 0 Å². The summed E-state index contributed by atoms with van der Waals surface area (Å²) in [6.45, 7) is 4.98. The molecule has 2 aromatic heterocycles. The summed E-state index contributed by atoms with van der Waals surface area (Å²) in [6.07, 6.45) is 2.17. The number of fused-ring (bicyclic) bond motifs is 2. The van der Waals surface area contributed by atoms with Gasteiger partial charge in [-0.3, -0.25) is 4.57 Å². The Morgan fingerprint density at radius 1 is 0.806 bits per heavy atom. The van der Waals surface area contributed by atoms with Crippen LogP contribution in [0.25, 0.3) is 39.4 Å². The van der Waals surface area contributed by atoms with Crippen molar-refractivity contribution in [3.63, 3.8) is 0 Å². The van der Waals surface area contributed by atoms with E-state index in [4.69, 9.17) is 19.7 Å². The number of hydrogen-bond acceptors (Lipinski definition) is 4. The Kier molecular flexibility index (Phi) is 5.08. The van der Waals surface area contributed by atoms with Crippen LogP contribution in [0, 0.1) is 6.92 Å². The molecule has 3 aromatic carbocycles. The molecule has 0 spiro atoms. The smallest absolute Gasteiger partial charge is 0.199 e. The first-order chi connectivity index (χ1) is 15.2. The highest BCUT2D eigenvalue weighted by Gasteiger charge is 2.17. The van der Waals surface area contributed by atoms with Crippen LogP contribution >= 0.6 is 0 Å². The summed E-state index contributed by atoms with van der Waals surface area (Å²) in [4.78, 5) is 14.6. The van der Waals surface area contributed by atoms with Gasteiger partial charge in [0.1, 0.15) is 11.6 Å². The van der Waals surface area contributed by atoms with E-state index in [2.05, 4.69) is 54.8 Å². The number of imidazole rings is 1. The molecular weight excluding hydrogens is 384 g/mol. The number of benzene rings is 3. The first kappa shape index (κ1) is 19.2. The fourth-order valence-electron chi connectivity index (χ4n) is 3.62. The highest BCUT2D eigenvalue weighted by atomic mass is 16.5. The number of nitrogens with zero attached hydrogens (tertiary/aromatic N) is 4. The van der Waals surface area contributed by atoms with Crippen LogP contribution in [0.2, 0.25) is 0 Å². The predicted octanol–water partition coefficient (Wildman–Crippen LogP) is 6.12. The van der Waals surface area contributed by atoms with Crippen LogP contribution in [0.4, 0.5) is 0 Å². The molecule has 0 bridgehead atoms. The van der Waals surface area contributed by atoms with Crippen LogP contribution in [0.5, 0.6) is 5.75 Å². The van der Waals surface area contributed by atoms with E-state index in [0.717, 1.165) is 59.0 Å². The van der Waals surface area contributed by atoms with Gasteiger partial charge in [-0.15, -0.1) is 0 Å². The molecule has 31 heavy (non-hydrogen) atoms. The van der Waals surface area contributed by atoms with E-state index in [1.165, 1.54) is 5.56 Å². The summed E-state index contributed by atoms with van der Waals surface area (Å²) in [6, 6.07) is 24.4. The van der Waals surface area contributed by atoms with E-state index < -0.39 is 0 Å². The van der Waals surface area contributed by atoms with Crippen LogP contribution in [0.1, 0.15) is 25.3 Å². The van der Waals surface area contributed by atoms with Gasteiger partial charge >= 0.3 is 0 Å². The van der Waals surface area contributed by atoms with Gasteiger partial charge in [-0.25, -0.2) is 15.0 Å². The monoisotopic (exact) mass is 408 g/mol. The van der Waals surface area contributed by atoms with Gasteiger partial charge in [0.05, 0.1) is 17.6 Å². The van der Waals surface area contributed by atoms with Gasteiger partial charge < -0.3 is 4.74 Å². The van der Waals surface area contributed by atoms with Crippen LogP contribution in [0.3, 0.4) is 0 Å². The maximum Gasteiger partial charge on any atom is 0.199 e. The molecule has 154 valence electrons. The van der Waals surface area contributed by atoms with Gasteiger partial charge in [0, 0.05) is 11.3 Å². The number of hydrogen-bond donors (Lipinski definition) is 0. The standard InChI is InChI=1S/C26H24N4O/c1-3-4-17-31-21-15-13-20(14-16-21)30-25(19-11-9-18(2)10-12-19)29-24-26(30)28-23-8-6-5-7-22(23)27-24/h5-16H,3-4,17H2,1-2H3. The molecule has 5 heteroatoms. The molecule has 0 N–H and O–H groups in total. The Balaban J connectivity index is 1.67. The number of ether oxygens (including phenoxy) is 1. The molecule has 0 atom stereocenters. The minimum atomic E-state index is 0.637. The van der Waals surface area contributed by atoms with E-state index in [0.29, 0.717) is 5.65 Å². The zero-order valence-corrected chi connectivity index (χ0v) is 17.7. The molecule has 0 saturated heterocycles. The minimum absolute atomic E-state index is 0.637. The Bertz CT molecular complexity index is 1340. The van der Waals surface area contributed by atoms with Crippen molar-refractivity contribution in [3.05, 3.63) is 78.4 Å². The maximum absolute atomic E-state index is 5.84. The molecule has 0 amide bonds. The summed E-state index contributed by atoms with van der Waals surface area (Å²) in [5.41, 5.74) is 6.29. The zero-order valence-electron chi connectivity index (χ0n) is 17.7.